The van der Waals surface area contributed by atoms with Crippen molar-refractivity contribution in [3.8, 4) is 0 Å². The summed E-state index contributed by atoms with van der Waals surface area (Å²) in [5, 5.41) is 2.96. The Kier molecular flexibility index (Phi) is 4.93. The Balaban J connectivity index is 1.71. The molecule has 0 atom stereocenters. The molecule has 1 amide bonds. The first kappa shape index (κ1) is 14.0. The Hall–Kier alpha value is -1.39. The third-order valence-electron chi connectivity index (χ3n) is 3.85. The molecular formula is C15H25N3O+2. The normalized spacial score (nSPS) is 23.1. The lowest BCUT2D eigenvalue weighted by molar-refractivity contribution is -1.00. The van der Waals surface area contributed by atoms with Crippen molar-refractivity contribution in [3.05, 3.63) is 29.8 Å². The van der Waals surface area contributed by atoms with Crippen molar-refractivity contribution in [1.29, 1.82) is 0 Å². The van der Waals surface area contributed by atoms with E-state index in [1.54, 1.807) is 9.80 Å². The maximum atomic E-state index is 11.9. The van der Waals surface area contributed by atoms with Crippen LogP contribution >= 0.6 is 0 Å². The molecule has 104 valence electrons. The van der Waals surface area contributed by atoms with Gasteiger partial charge in [0.1, 0.15) is 26.2 Å². The Morgan fingerprint density at radius 1 is 1.16 bits per heavy atom. The monoisotopic (exact) mass is 263 g/mol. The largest absolute Gasteiger partial charge is 0.328 e. The number of likely N-dealkylation sites (N-methyl/N-ethyl adjacent to an activating group) is 1. The van der Waals surface area contributed by atoms with Crippen molar-refractivity contribution in [1.82, 2.24) is 0 Å². The molecule has 1 heterocycles. The maximum absolute atomic E-state index is 11.9. The molecule has 1 aromatic carbocycles. The molecule has 3 N–H and O–H groups in total. The molecule has 4 nitrogen and oxygen atoms in total. The fraction of sp³-hybridized carbons (Fsp3) is 0.533. The quantitative estimate of drug-likeness (QED) is 0.623. The minimum Gasteiger partial charge on any atom is -0.328 e. The SMILES string of the molecule is Cc1ccc(NC(=O)CC[NH+]2CC[NH+](C)CC2)cc1. The van der Waals surface area contributed by atoms with Crippen LogP contribution in [0.4, 0.5) is 5.69 Å². The summed E-state index contributed by atoms with van der Waals surface area (Å²) < 4.78 is 0. The lowest BCUT2D eigenvalue weighted by atomic mass is 10.2. The lowest BCUT2D eigenvalue weighted by Crippen LogP contribution is -3.27. The highest BCUT2D eigenvalue weighted by atomic mass is 16.1. The van der Waals surface area contributed by atoms with Crippen LogP contribution in [-0.2, 0) is 4.79 Å². The van der Waals surface area contributed by atoms with Crippen LogP contribution in [0.2, 0.25) is 0 Å². The minimum absolute atomic E-state index is 0.127. The number of rotatable bonds is 4. The molecule has 0 saturated carbocycles. The summed E-state index contributed by atoms with van der Waals surface area (Å²) in [6.07, 6.45) is 0.613. The summed E-state index contributed by atoms with van der Waals surface area (Å²) >= 11 is 0. The molecule has 0 bridgehead atoms. The number of carbonyl (C=O) groups is 1. The van der Waals surface area contributed by atoms with Gasteiger partial charge in [-0.15, -0.1) is 0 Å². The molecule has 0 unspecified atom stereocenters. The number of piperazine rings is 1. The zero-order chi connectivity index (χ0) is 13.7. The van der Waals surface area contributed by atoms with Gasteiger partial charge in [-0.05, 0) is 19.1 Å². The predicted molar refractivity (Wildman–Crippen MR) is 76.6 cm³/mol. The average molecular weight is 263 g/mol. The van der Waals surface area contributed by atoms with Crippen LogP contribution in [0.25, 0.3) is 0 Å². The van der Waals surface area contributed by atoms with Gasteiger partial charge in [-0.1, -0.05) is 17.7 Å². The number of nitrogens with one attached hydrogen (secondary N) is 3. The minimum atomic E-state index is 0.127. The molecule has 0 aliphatic carbocycles. The number of quaternary nitrogens is 2. The second kappa shape index (κ2) is 6.68. The maximum Gasteiger partial charge on any atom is 0.230 e. The van der Waals surface area contributed by atoms with E-state index in [4.69, 9.17) is 0 Å². The van der Waals surface area contributed by atoms with Gasteiger partial charge in [0.15, 0.2) is 0 Å². The highest BCUT2D eigenvalue weighted by Gasteiger charge is 2.20. The molecule has 1 aliphatic heterocycles. The van der Waals surface area contributed by atoms with Crippen LogP contribution < -0.4 is 15.1 Å². The van der Waals surface area contributed by atoms with E-state index in [-0.39, 0.29) is 5.91 Å². The number of hydrogen-bond acceptors (Lipinski definition) is 1. The standard InChI is InChI=1S/C15H23N3O/c1-13-3-5-14(6-4-13)16-15(19)7-8-18-11-9-17(2)10-12-18/h3-6H,7-12H2,1-2H3,(H,16,19)/p+2. The fourth-order valence-corrected chi connectivity index (χ4v) is 2.43. The zero-order valence-electron chi connectivity index (χ0n) is 12.0. The van der Waals surface area contributed by atoms with Crippen LogP contribution in [0, 0.1) is 6.92 Å². The van der Waals surface area contributed by atoms with Gasteiger partial charge in [-0.25, -0.2) is 0 Å². The van der Waals surface area contributed by atoms with Gasteiger partial charge in [0.2, 0.25) is 5.91 Å². The van der Waals surface area contributed by atoms with E-state index in [1.165, 1.54) is 31.7 Å². The van der Waals surface area contributed by atoms with Crippen LogP contribution in [0.3, 0.4) is 0 Å². The summed E-state index contributed by atoms with van der Waals surface area (Å²) in [4.78, 5) is 15.0. The van der Waals surface area contributed by atoms with Crippen molar-refractivity contribution < 1.29 is 14.6 Å². The van der Waals surface area contributed by atoms with Crippen LogP contribution in [0.5, 0.6) is 0 Å². The summed E-state index contributed by atoms with van der Waals surface area (Å²) in [5.41, 5.74) is 2.11. The van der Waals surface area contributed by atoms with E-state index < -0.39 is 0 Å². The van der Waals surface area contributed by atoms with E-state index in [2.05, 4.69) is 12.4 Å². The average Bonchev–Trinajstić information content (AvgIpc) is 2.41. The number of anilines is 1. The Bertz CT molecular complexity index is 408. The summed E-state index contributed by atoms with van der Waals surface area (Å²) in [6, 6.07) is 7.95. The van der Waals surface area contributed by atoms with Crippen molar-refractivity contribution in [3.63, 3.8) is 0 Å². The molecule has 4 heteroatoms. The highest BCUT2D eigenvalue weighted by Crippen LogP contribution is 2.08. The number of benzene rings is 1. The third kappa shape index (κ3) is 4.65. The number of carbonyl (C=O) groups excluding carboxylic acids is 1. The number of aryl methyl sites for hydroxylation is 1. The first-order valence-electron chi connectivity index (χ1n) is 7.15. The fourth-order valence-electron chi connectivity index (χ4n) is 2.43. The molecular weight excluding hydrogens is 238 g/mol. The molecule has 1 saturated heterocycles. The number of amides is 1. The van der Waals surface area contributed by atoms with E-state index >= 15 is 0 Å². The molecule has 0 aromatic heterocycles. The van der Waals surface area contributed by atoms with Gasteiger partial charge in [0.05, 0.1) is 20.0 Å². The molecule has 1 aromatic rings. The Morgan fingerprint density at radius 3 is 2.42 bits per heavy atom. The van der Waals surface area contributed by atoms with E-state index in [0.717, 1.165) is 12.2 Å². The molecule has 0 spiro atoms. The topological polar surface area (TPSA) is 38.0 Å². The predicted octanol–water partition coefficient (Wildman–Crippen LogP) is -1.26. The van der Waals surface area contributed by atoms with Crippen molar-refractivity contribution in [2.75, 3.05) is 45.1 Å². The third-order valence-corrected chi connectivity index (χ3v) is 3.85. The van der Waals surface area contributed by atoms with Gasteiger partial charge < -0.3 is 15.1 Å². The summed E-state index contributed by atoms with van der Waals surface area (Å²) in [5.74, 6) is 0.127. The Morgan fingerprint density at radius 2 is 1.79 bits per heavy atom. The molecule has 0 radical (unpaired) electrons. The van der Waals surface area contributed by atoms with E-state index in [9.17, 15) is 4.79 Å². The van der Waals surface area contributed by atoms with E-state index in [1.807, 2.05) is 31.2 Å². The van der Waals surface area contributed by atoms with Crippen molar-refractivity contribution in [2.45, 2.75) is 13.3 Å². The van der Waals surface area contributed by atoms with Gasteiger partial charge in [-0.3, -0.25) is 4.79 Å². The zero-order valence-corrected chi connectivity index (χ0v) is 12.0. The molecule has 19 heavy (non-hydrogen) atoms. The highest BCUT2D eigenvalue weighted by molar-refractivity contribution is 5.90. The summed E-state index contributed by atoms with van der Waals surface area (Å²) in [6.45, 7) is 7.80. The van der Waals surface area contributed by atoms with E-state index in [0.29, 0.717) is 6.42 Å². The second-order valence-corrected chi connectivity index (χ2v) is 5.62. The van der Waals surface area contributed by atoms with Crippen LogP contribution in [-0.4, -0.2) is 45.7 Å². The van der Waals surface area contributed by atoms with Gasteiger partial charge >= 0.3 is 0 Å². The van der Waals surface area contributed by atoms with Crippen LogP contribution in [0.15, 0.2) is 24.3 Å². The first-order valence-corrected chi connectivity index (χ1v) is 7.15. The lowest BCUT2D eigenvalue weighted by Gasteiger charge is -2.27. The first-order chi connectivity index (χ1) is 9.13. The molecule has 1 aliphatic rings. The van der Waals surface area contributed by atoms with Gasteiger partial charge in [0.25, 0.3) is 0 Å². The van der Waals surface area contributed by atoms with Gasteiger partial charge in [-0.2, -0.15) is 0 Å². The summed E-state index contributed by atoms with van der Waals surface area (Å²) in [7, 11) is 2.24. The van der Waals surface area contributed by atoms with Crippen molar-refractivity contribution in [2.24, 2.45) is 0 Å². The van der Waals surface area contributed by atoms with Gasteiger partial charge in [0, 0.05) is 5.69 Å². The molecule has 1 fully saturated rings. The second-order valence-electron chi connectivity index (χ2n) is 5.62. The van der Waals surface area contributed by atoms with Crippen LogP contribution in [0.1, 0.15) is 12.0 Å². The Labute approximate surface area is 115 Å². The number of hydrogen-bond donors (Lipinski definition) is 3. The smallest absolute Gasteiger partial charge is 0.230 e. The molecule has 2 rings (SSSR count). The van der Waals surface area contributed by atoms with Crippen molar-refractivity contribution >= 4 is 11.6 Å².